The molecule has 1 aromatic carbocycles. The van der Waals surface area contributed by atoms with Crippen LogP contribution in [0.3, 0.4) is 0 Å². The molecule has 8 heteroatoms. The second-order valence-corrected chi connectivity index (χ2v) is 8.36. The summed E-state index contributed by atoms with van der Waals surface area (Å²) in [5.41, 5.74) is 0.912. The van der Waals surface area contributed by atoms with Crippen LogP contribution < -0.4 is 4.74 Å². The van der Waals surface area contributed by atoms with E-state index < -0.39 is 11.6 Å². The first-order valence-corrected chi connectivity index (χ1v) is 9.97. The molecule has 0 saturated carbocycles. The lowest BCUT2D eigenvalue weighted by molar-refractivity contribution is -0.0301. The Morgan fingerprint density at radius 3 is 2.53 bits per heavy atom. The van der Waals surface area contributed by atoms with Gasteiger partial charge in [-0.25, -0.2) is 8.78 Å². The van der Waals surface area contributed by atoms with E-state index in [0.29, 0.717) is 17.4 Å². The molecule has 3 heterocycles. The van der Waals surface area contributed by atoms with E-state index in [4.69, 9.17) is 4.74 Å². The predicted molar refractivity (Wildman–Crippen MR) is 110 cm³/mol. The van der Waals surface area contributed by atoms with Gasteiger partial charge in [-0.15, -0.1) is 10.2 Å². The Kier molecular flexibility index (Phi) is 5.27. The Hall–Kier alpha value is -2.87. The zero-order chi connectivity index (χ0) is 21.5. The van der Waals surface area contributed by atoms with Crippen LogP contribution in [0.1, 0.15) is 27.2 Å². The van der Waals surface area contributed by atoms with Gasteiger partial charge in [0.15, 0.2) is 0 Å². The highest BCUT2D eigenvalue weighted by molar-refractivity contribution is 5.69. The zero-order valence-corrected chi connectivity index (χ0v) is 17.5. The summed E-state index contributed by atoms with van der Waals surface area (Å²) in [6, 6.07) is 5.53. The fourth-order valence-corrected chi connectivity index (χ4v) is 3.87. The number of nitrogens with one attached hydrogen (secondary N) is 1. The molecule has 6 nitrogen and oxygen atoms in total. The largest absolute Gasteiger partial charge is 0.473 e. The molecule has 1 aliphatic rings. The Morgan fingerprint density at radius 2 is 1.87 bits per heavy atom. The highest BCUT2D eigenvalue weighted by Gasteiger charge is 2.40. The number of rotatable bonds is 4. The van der Waals surface area contributed by atoms with E-state index in [1.54, 1.807) is 12.1 Å². The molecule has 4 rings (SSSR count). The molecule has 2 atom stereocenters. The van der Waals surface area contributed by atoms with Crippen LogP contribution in [-0.2, 0) is 0 Å². The monoisotopic (exact) mass is 413 g/mol. The van der Waals surface area contributed by atoms with E-state index in [9.17, 15) is 8.78 Å². The van der Waals surface area contributed by atoms with Crippen molar-refractivity contribution in [2.45, 2.75) is 38.8 Å². The standard InChI is InChI=1S/C22H25F2N5O/c1-13-20(7-8-29(4)22(13,2)3)30-21-6-5-19(27-28-21)16-10-17(23)15(9-18(16)24)14-11-25-26-12-14/h5-6,9-13,20H,7-8H2,1-4H3,(H,25,26). The zero-order valence-electron chi connectivity index (χ0n) is 17.5. The lowest BCUT2D eigenvalue weighted by Crippen LogP contribution is -2.56. The van der Waals surface area contributed by atoms with Gasteiger partial charge in [0.1, 0.15) is 17.7 Å². The maximum Gasteiger partial charge on any atom is 0.233 e. The van der Waals surface area contributed by atoms with Gasteiger partial charge in [-0.2, -0.15) is 5.10 Å². The summed E-state index contributed by atoms with van der Waals surface area (Å²) in [5, 5.41) is 14.5. The smallest absolute Gasteiger partial charge is 0.233 e. The third-order valence-corrected chi connectivity index (χ3v) is 6.46. The number of aromatic nitrogens is 4. The van der Waals surface area contributed by atoms with E-state index in [1.807, 2.05) is 0 Å². The molecule has 1 fully saturated rings. The van der Waals surface area contributed by atoms with Gasteiger partial charge in [-0.3, -0.25) is 5.10 Å². The first-order chi connectivity index (χ1) is 14.3. The summed E-state index contributed by atoms with van der Waals surface area (Å²) in [5.74, 6) is -0.467. The second-order valence-electron chi connectivity index (χ2n) is 8.36. The van der Waals surface area contributed by atoms with Crippen LogP contribution in [0.15, 0.2) is 36.7 Å². The molecule has 1 saturated heterocycles. The number of piperidine rings is 1. The van der Waals surface area contributed by atoms with Crippen LogP contribution >= 0.6 is 0 Å². The minimum Gasteiger partial charge on any atom is -0.473 e. The number of likely N-dealkylation sites (tertiary alicyclic amines) is 1. The van der Waals surface area contributed by atoms with Crippen molar-refractivity contribution in [1.82, 2.24) is 25.3 Å². The molecular formula is C22H25F2N5O. The first kappa shape index (κ1) is 20.4. The fourth-order valence-electron chi connectivity index (χ4n) is 3.87. The number of halogens is 2. The molecule has 2 unspecified atom stereocenters. The lowest BCUT2D eigenvalue weighted by atomic mass is 9.79. The third kappa shape index (κ3) is 3.67. The van der Waals surface area contributed by atoms with Crippen molar-refractivity contribution in [3.05, 3.63) is 48.3 Å². The van der Waals surface area contributed by atoms with Crippen LogP contribution in [0.2, 0.25) is 0 Å². The summed E-state index contributed by atoms with van der Waals surface area (Å²) in [7, 11) is 2.12. The van der Waals surface area contributed by atoms with Gasteiger partial charge in [0.2, 0.25) is 5.88 Å². The van der Waals surface area contributed by atoms with Gasteiger partial charge in [0.25, 0.3) is 0 Å². The molecule has 1 aliphatic heterocycles. The van der Waals surface area contributed by atoms with E-state index in [0.717, 1.165) is 25.1 Å². The molecule has 30 heavy (non-hydrogen) atoms. The van der Waals surface area contributed by atoms with Crippen molar-refractivity contribution < 1.29 is 13.5 Å². The van der Waals surface area contributed by atoms with Crippen molar-refractivity contribution >= 4 is 0 Å². The molecule has 0 amide bonds. The average Bonchev–Trinajstić information content (AvgIpc) is 3.25. The highest BCUT2D eigenvalue weighted by Crippen LogP contribution is 2.34. The molecule has 0 bridgehead atoms. The lowest BCUT2D eigenvalue weighted by Gasteiger charge is -2.48. The van der Waals surface area contributed by atoms with Crippen LogP contribution in [0.25, 0.3) is 22.4 Å². The maximum absolute atomic E-state index is 14.7. The summed E-state index contributed by atoms with van der Waals surface area (Å²) in [6.07, 6.45) is 3.85. The van der Waals surface area contributed by atoms with E-state index in [-0.39, 0.29) is 28.5 Å². The highest BCUT2D eigenvalue weighted by atomic mass is 19.1. The molecule has 1 N–H and O–H groups in total. The van der Waals surface area contributed by atoms with Crippen LogP contribution in [-0.4, -0.2) is 50.5 Å². The number of aromatic amines is 1. The van der Waals surface area contributed by atoms with Crippen molar-refractivity contribution in [2.75, 3.05) is 13.6 Å². The minimum absolute atomic E-state index is 0.00761. The van der Waals surface area contributed by atoms with E-state index in [1.165, 1.54) is 12.4 Å². The number of nitrogens with zero attached hydrogens (tertiary/aromatic N) is 4. The quantitative estimate of drug-likeness (QED) is 0.690. The average molecular weight is 413 g/mol. The molecule has 158 valence electrons. The molecule has 0 radical (unpaired) electrons. The normalized spacial score (nSPS) is 21.5. The molecule has 0 spiro atoms. The van der Waals surface area contributed by atoms with Crippen molar-refractivity contribution in [3.63, 3.8) is 0 Å². The molecular weight excluding hydrogens is 388 g/mol. The van der Waals surface area contributed by atoms with Crippen LogP contribution in [0.4, 0.5) is 8.78 Å². The summed E-state index contributed by atoms with van der Waals surface area (Å²) < 4.78 is 35.3. The Bertz CT molecular complexity index is 1020. The molecule has 3 aromatic rings. The number of hydrogen-bond acceptors (Lipinski definition) is 5. The van der Waals surface area contributed by atoms with Crippen LogP contribution in [0.5, 0.6) is 5.88 Å². The summed E-state index contributed by atoms with van der Waals surface area (Å²) in [6.45, 7) is 7.50. The number of benzene rings is 1. The van der Waals surface area contributed by atoms with Crippen molar-refractivity contribution in [1.29, 1.82) is 0 Å². The van der Waals surface area contributed by atoms with Gasteiger partial charge in [-0.1, -0.05) is 6.92 Å². The Labute approximate surface area is 174 Å². The second kappa shape index (κ2) is 7.75. The van der Waals surface area contributed by atoms with Gasteiger partial charge >= 0.3 is 0 Å². The predicted octanol–water partition coefficient (Wildman–Crippen LogP) is 4.31. The summed E-state index contributed by atoms with van der Waals surface area (Å²) >= 11 is 0. The third-order valence-electron chi connectivity index (χ3n) is 6.46. The number of ether oxygens (including phenoxy) is 1. The number of hydrogen-bond donors (Lipinski definition) is 1. The number of H-pyrrole nitrogens is 1. The van der Waals surface area contributed by atoms with Gasteiger partial charge in [0, 0.05) is 47.0 Å². The fraction of sp³-hybridized carbons (Fsp3) is 0.409. The van der Waals surface area contributed by atoms with Crippen molar-refractivity contribution in [2.24, 2.45) is 5.92 Å². The maximum atomic E-state index is 14.7. The molecule has 2 aromatic heterocycles. The van der Waals surface area contributed by atoms with Gasteiger partial charge in [-0.05, 0) is 45.5 Å². The summed E-state index contributed by atoms with van der Waals surface area (Å²) in [4.78, 5) is 2.33. The van der Waals surface area contributed by atoms with Gasteiger partial charge < -0.3 is 9.64 Å². The van der Waals surface area contributed by atoms with Crippen molar-refractivity contribution in [3.8, 4) is 28.3 Å². The SMILES string of the molecule is CC1C(Oc2ccc(-c3cc(F)c(-c4cn[nH]c4)cc3F)nn2)CCN(C)C1(C)C. The topological polar surface area (TPSA) is 66.9 Å². The Balaban J connectivity index is 1.54. The Morgan fingerprint density at radius 1 is 1.13 bits per heavy atom. The van der Waals surface area contributed by atoms with Crippen LogP contribution in [0, 0.1) is 17.6 Å². The first-order valence-electron chi connectivity index (χ1n) is 9.97. The van der Waals surface area contributed by atoms with Gasteiger partial charge in [0.05, 0.1) is 11.9 Å². The minimum atomic E-state index is -0.582. The van der Waals surface area contributed by atoms with E-state index >= 15 is 0 Å². The van der Waals surface area contributed by atoms with E-state index in [2.05, 4.69) is 53.1 Å². The molecule has 0 aliphatic carbocycles.